The standard InChI is InChI=1S/C19H19F3N6O3S/c1-10-8-24-16(9-23-10)28-17(26-12(3)27-28)11(2)25-18(29)13-5-14(19(20,21)22)7-15(6-13)32(4,30)31/h5-9,11H,1-4H3,(H,25,29)/t11-/m0/s1. The van der Waals surface area contributed by atoms with E-state index in [1.807, 2.05) is 0 Å². The Bertz CT molecular complexity index is 1270. The van der Waals surface area contributed by atoms with Gasteiger partial charge in [0.15, 0.2) is 21.5 Å². The third kappa shape index (κ3) is 5.10. The van der Waals surface area contributed by atoms with Crippen LogP contribution in [-0.2, 0) is 16.0 Å². The van der Waals surface area contributed by atoms with Crippen molar-refractivity contribution in [2.24, 2.45) is 0 Å². The summed E-state index contributed by atoms with van der Waals surface area (Å²) >= 11 is 0. The number of sulfone groups is 1. The van der Waals surface area contributed by atoms with E-state index in [0.29, 0.717) is 29.5 Å². The van der Waals surface area contributed by atoms with Crippen LogP contribution in [0.3, 0.4) is 0 Å². The third-order valence-electron chi connectivity index (χ3n) is 4.38. The highest BCUT2D eigenvalue weighted by atomic mass is 32.2. The predicted octanol–water partition coefficient (Wildman–Crippen LogP) is 2.59. The Labute approximate surface area is 181 Å². The molecule has 1 amide bonds. The van der Waals surface area contributed by atoms with E-state index >= 15 is 0 Å². The number of rotatable bonds is 5. The van der Waals surface area contributed by atoms with Crippen molar-refractivity contribution in [1.29, 1.82) is 0 Å². The Morgan fingerprint density at radius 1 is 1.12 bits per heavy atom. The lowest BCUT2D eigenvalue weighted by molar-refractivity contribution is -0.137. The van der Waals surface area contributed by atoms with Gasteiger partial charge in [-0.3, -0.25) is 9.78 Å². The fourth-order valence-corrected chi connectivity index (χ4v) is 3.51. The molecule has 0 aliphatic rings. The monoisotopic (exact) mass is 468 g/mol. The lowest BCUT2D eigenvalue weighted by Gasteiger charge is -2.16. The lowest BCUT2D eigenvalue weighted by atomic mass is 10.1. The van der Waals surface area contributed by atoms with Crippen LogP contribution in [-0.4, -0.2) is 45.3 Å². The molecule has 2 heterocycles. The molecule has 1 aromatic carbocycles. The highest BCUT2D eigenvalue weighted by molar-refractivity contribution is 7.90. The van der Waals surface area contributed by atoms with Crippen molar-refractivity contribution < 1.29 is 26.4 Å². The average Bonchev–Trinajstić information content (AvgIpc) is 3.08. The number of halogens is 3. The maximum atomic E-state index is 13.2. The van der Waals surface area contributed by atoms with Crippen molar-refractivity contribution in [3.63, 3.8) is 0 Å². The molecule has 1 atom stereocenters. The lowest BCUT2D eigenvalue weighted by Crippen LogP contribution is -2.29. The van der Waals surface area contributed by atoms with Gasteiger partial charge in [0, 0.05) is 11.8 Å². The fraction of sp³-hybridized carbons (Fsp3) is 0.316. The zero-order valence-corrected chi connectivity index (χ0v) is 18.3. The Hall–Kier alpha value is -3.35. The van der Waals surface area contributed by atoms with Gasteiger partial charge in [0.1, 0.15) is 5.82 Å². The summed E-state index contributed by atoms with van der Waals surface area (Å²) in [5.41, 5.74) is -1.02. The van der Waals surface area contributed by atoms with Crippen molar-refractivity contribution in [2.75, 3.05) is 6.26 Å². The largest absolute Gasteiger partial charge is 0.416 e. The van der Waals surface area contributed by atoms with Gasteiger partial charge in [-0.25, -0.2) is 18.4 Å². The van der Waals surface area contributed by atoms with Crippen LogP contribution in [0.4, 0.5) is 13.2 Å². The fourth-order valence-electron chi connectivity index (χ4n) is 2.83. The minimum atomic E-state index is -4.83. The molecule has 2 aromatic heterocycles. The Kier molecular flexibility index (Phi) is 6.05. The SMILES string of the molecule is Cc1cnc(-n2nc(C)nc2[C@H](C)NC(=O)c2cc(C(F)(F)F)cc(S(C)(=O)=O)c2)cn1. The molecule has 0 aliphatic carbocycles. The van der Waals surface area contributed by atoms with Gasteiger partial charge < -0.3 is 5.32 Å². The van der Waals surface area contributed by atoms with E-state index in [1.54, 1.807) is 20.8 Å². The van der Waals surface area contributed by atoms with Crippen molar-refractivity contribution in [2.45, 2.75) is 37.9 Å². The number of benzene rings is 1. The van der Waals surface area contributed by atoms with E-state index in [2.05, 4.69) is 25.4 Å². The first-order chi connectivity index (χ1) is 14.8. The summed E-state index contributed by atoms with van der Waals surface area (Å²) in [5, 5.41) is 6.76. The summed E-state index contributed by atoms with van der Waals surface area (Å²) in [5.74, 6) is 0.0765. The quantitative estimate of drug-likeness (QED) is 0.611. The molecule has 0 unspecified atom stereocenters. The average molecular weight is 468 g/mol. The molecule has 170 valence electrons. The van der Waals surface area contributed by atoms with Crippen LogP contribution in [0.5, 0.6) is 0 Å². The van der Waals surface area contributed by atoms with Gasteiger partial charge in [-0.15, -0.1) is 5.10 Å². The minimum Gasteiger partial charge on any atom is -0.342 e. The maximum Gasteiger partial charge on any atom is 0.416 e. The summed E-state index contributed by atoms with van der Waals surface area (Å²) in [7, 11) is -3.99. The molecular weight excluding hydrogens is 449 g/mol. The predicted molar refractivity (Wildman–Crippen MR) is 107 cm³/mol. The van der Waals surface area contributed by atoms with Crippen LogP contribution < -0.4 is 5.32 Å². The zero-order chi connectivity index (χ0) is 23.8. The van der Waals surface area contributed by atoms with Crippen LogP contribution in [0, 0.1) is 13.8 Å². The molecule has 0 bridgehead atoms. The number of carbonyl (C=O) groups excluding carboxylic acids is 1. The second-order valence-electron chi connectivity index (χ2n) is 7.16. The summed E-state index contributed by atoms with van der Waals surface area (Å²) in [4.78, 5) is 24.7. The van der Waals surface area contributed by atoms with Crippen LogP contribution >= 0.6 is 0 Å². The van der Waals surface area contributed by atoms with Gasteiger partial charge in [0.25, 0.3) is 5.91 Å². The topological polar surface area (TPSA) is 120 Å². The van der Waals surface area contributed by atoms with Crippen molar-refractivity contribution in [1.82, 2.24) is 30.0 Å². The molecular formula is C19H19F3N6O3S. The summed E-state index contributed by atoms with van der Waals surface area (Å²) < 4.78 is 64.7. The molecule has 0 fully saturated rings. The van der Waals surface area contributed by atoms with Gasteiger partial charge >= 0.3 is 6.18 Å². The van der Waals surface area contributed by atoms with Gasteiger partial charge in [-0.05, 0) is 39.0 Å². The van der Waals surface area contributed by atoms with Crippen LogP contribution in [0.15, 0.2) is 35.5 Å². The highest BCUT2D eigenvalue weighted by Gasteiger charge is 2.33. The molecule has 3 rings (SSSR count). The minimum absolute atomic E-state index is 0.268. The molecule has 0 radical (unpaired) electrons. The first kappa shape index (κ1) is 23.3. The van der Waals surface area contributed by atoms with E-state index in [9.17, 15) is 26.4 Å². The number of hydrogen-bond donors (Lipinski definition) is 1. The summed E-state index contributed by atoms with van der Waals surface area (Å²) in [6.07, 6.45) is -1.08. The molecule has 0 spiro atoms. The molecule has 0 saturated heterocycles. The summed E-state index contributed by atoms with van der Waals surface area (Å²) in [6, 6.07) is 1.18. The molecule has 9 nitrogen and oxygen atoms in total. The third-order valence-corrected chi connectivity index (χ3v) is 5.47. The van der Waals surface area contributed by atoms with Crippen molar-refractivity contribution in [3.05, 3.63) is 59.1 Å². The number of carbonyl (C=O) groups is 1. The molecule has 1 N–H and O–H groups in total. The highest BCUT2D eigenvalue weighted by Crippen LogP contribution is 2.32. The number of nitrogens with zero attached hydrogens (tertiary/aromatic N) is 5. The van der Waals surface area contributed by atoms with Crippen LogP contribution in [0.25, 0.3) is 5.82 Å². The zero-order valence-electron chi connectivity index (χ0n) is 17.5. The Morgan fingerprint density at radius 2 is 1.81 bits per heavy atom. The van der Waals surface area contributed by atoms with E-state index in [-0.39, 0.29) is 5.82 Å². The number of aryl methyl sites for hydroxylation is 2. The first-order valence-corrected chi connectivity index (χ1v) is 11.1. The van der Waals surface area contributed by atoms with E-state index < -0.39 is 44.0 Å². The molecule has 32 heavy (non-hydrogen) atoms. The van der Waals surface area contributed by atoms with Crippen LogP contribution in [0.2, 0.25) is 0 Å². The van der Waals surface area contributed by atoms with Crippen molar-refractivity contribution in [3.8, 4) is 5.82 Å². The molecule has 0 aliphatic heterocycles. The second kappa shape index (κ2) is 8.30. The van der Waals surface area contributed by atoms with Gasteiger partial charge in [0.2, 0.25) is 0 Å². The number of hydrogen-bond acceptors (Lipinski definition) is 7. The van der Waals surface area contributed by atoms with Gasteiger partial charge in [-0.1, -0.05) is 0 Å². The van der Waals surface area contributed by atoms with Gasteiger partial charge in [0.05, 0.1) is 34.6 Å². The van der Waals surface area contributed by atoms with Crippen LogP contribution in [0.1, 0.15) is 46.2 Å². The maximum absolute atomic E-state index is 13.2. The Balaban J connectivity index is 1.96. The number of nitrogens with one attached hydrogen (secondary N) is 1. The smallest absolute Gasteiger partial charge is 0.342 e. The van der Waals surface area contributed by atoms with Gasteiger partial charge in [-0.2, -0.15) is 17.9 Å². The molecule has 13 heteroatoms. The van der Waals surface area contributed by atoms with E-state index in [0.717, 1.165) is 12.3 Å². The second-order valence-corrected chi connectivity index (χ2v) is 9.17. The normalized spacial score (nSPS) is 13.1. The molecule has 3 aromatic rings. The first-order valence-electron chi connectivity index (χ1n) is 9.21. The number of aromatic nitrogens is 5. The van der Waals surface area contributed by atoms with E-state index in [4.69, 9.17) is 0 Å². The van der Waals surface area contributed by atoms with Crippen molar-refractivity contribution >= 4 is 15.7 Å². The number of amides is 1. The molecule has 0 saturated carbocycles. The van der Waals surface area contributed by atoms with E-state index in [1.165, 1.54) is 17.1 Å². The summed E-state index contributed by atoms with van der Waals surface area (Å²) in [6.45, 7) is 4.94. The Morgan fingerprint density at radius 3 is 2.38 bits per heavy atom. The number of alkyl halides is 3.